The van der Waals surface area contributed by atoms with Gasteiger partial charge in [-0.25, -0.2) is 12.8 Å². The highest BCUT2D eigenvalue weighted by Crippen LogP contribution is 2.27. The number of benzene rings is 1. The van der Waals surface area contributed by atoms with Crippen LogP contribution >= 0.6 is 0 Å². The first-order chi connectivity index (χ1) is 6.38. The molecule has 0 aliphatic rings. The van der Waals surface area contributed by atoms with Crippen molar-refractivity contribution < 1.29 is 17.9 Å². The van der Waals surface area contributed by atoms with E-state index in [1.165, 1.54) is 6.07 Å². The zero-order chi connectivity index (χ0) is 10.9. The van der Waals surface area contributed by atoms with Gasteiger partial charge in [-0.15, -0.1) is 0 Å². The lowest BCUT2D eigenvalue weighted by molar-refractivity contribution is 0.444. The van der Waals surface area contributed by atoms with Crippen LogP contribution in [-0.2, 0) is 9.84 Å². The Balaban J connectivity index is 3.68. The van der Waals surface area contributed by atoms with Crippen LogP contribution in [-0.4, -0.2) is 19.8 Å². The van der Waals surface area contributed by atoms with Crippen molar-refractivity contribution >= 4 is 9.84 Å². The summed E-state index contributed by atoms with van der Waals surface area (Å²) in [6.45, 7) is 0. The van der Waals surface area contributed by atoms with Crippen LogP contribution in [0.15, 0.2) is 17.0 Å². The number of hydrogen-bond acceptors (Lipinski definition) is 4. The van der Waals surface area contributed by atoms with Crippen LogP contribution in [0.5, 0.6) is 5.75 Å². The lowest BCUT2D eigenvalue weighted by Gasteiger charge is -2.04. The SMILES string of the molecule is CS(=O)(=O)c1c(O)ccc(C#N)c1F. The zero-order valence-electron chi connectivity index (χ0n) is 7.15. The average Bonchev–Trinajstić information content (AvgIpc) is 2.02. The van der Waals surface area contributed by atoms with Gasteiger partial charge in [0.2, 0.25) is 0 Å². The van der Waals surface area contributed by atoms with Crippen molar-refractivity contribution in [1.29, 1.82) is 5.26 Å². The molecule has 6 heteroatoms. The predicted molar refractivity (Wildman–Crippen MR) is 45.9 cm³/mol. The summed E-state index contributed by atoms with van der Waals surface area (Å²) in [6.07, 6.45) is 0.756. The van der Waals surface area contributed by atoms with Crippen molar-refractivity contribution in [2.45, 2.75) is 4.90 Å². The maximum atomic E-state index is 13.3. The quantitative estimate of drug-likeness (QED) is 0.751. The van der Waals surface area contributed by atoms with Crippen LogP contribution in [0.25, 0.3) is 0 Å². The summed E-state index contributed by atoms with van der Waals surface area (Å²) in [5.41, 5.74) is -0.414. The summed E-state index contributed by atoms with van der Waals surface area (Å²) in [6, 6.07) is 3.47. The smallest absolute Gasteiger partial charge is 0.182 e. The minimum atomic E-state index is -3.87. The summed E-state index contributed by atoms with van der Waals surface area (Å²) >= 11 is 0. The third-order valence-corrected chi connectivity index (χ3v) is 2.70. The van der Waals surface area contributed by atoms with Gasteiger partial charge in [-0.1, -0.05) is 0 Å². The lowest BCUT2D eigenvalue weighted by Crippen LogP contribution is -2.03. The first-order valence-corrected chi connectivity index (χ1v) is 5.38. The van der Waals surface area contributed by atoms with E-state index in [4.69, 9.17) is 10.4 Å². The van der Waals surface area contributed by atoms with Crippen molar-refractivity contribution in [2.75, 3.05) is 6.26 Å². The fourth-order valence-corrected chi connectivity index (χ4v) is 1.87. The van der Waals surface area contributed by atoms with Crippen LogP contribution in [0.4, 0.5) is 4.39 Å². The highest BCUT2D eigenvalue weighted by molar-refractivity contribution is 7.90. The standard InChI is InChI=1S/C8H6FNO3S/c1-14(12,13)8-6(11)3-2-5(4-10)7(8)9/h2-3,11H,1H3. The normalized spacial score (nSPS) is 10.9. The Bertz CT molecular complexity index is 516. The summed E-state index contributed by atoms with van der Waals surface area (Å²) in [5, 5.41) is 17.6. The number of phenols is 1. The second-order valence-corrected chi connectivity index (χ2v) is 4.61. The Labute approximate surface area is 80.1 Å². The van der Waals surface area contributed by atoms with Crippen LogP contribution < -0.4 is 0 Å². The molecule has 0 bridgehead atoms. The maximum Gasteiger partial charge on any atom is 0.182 e. The summed E-state index contributed by atoms with van der Waals surface area (Å²) in [7, 11) is -3.87. The third-order valence-electron chi connectivity index (χ3n) is 1.57. The lowest BCUT2D eigenvalue weighted by atomic mass is 10.2. The minimum Gasteiger partial charge on any atom is -0.506 e. The van der Waals surface area contributed by atoms with Gasteiger partial charge in [0.1, 0.15) is 16.7 Å². The second kappa shape index (κ2) is 3.27. The van der Waals surface area contributed by atoms with Gasteiger partial charge in [0.05, 0.1) is 5.56 Å². The molecule has 0 aliphatic heterocycles. The number of hydrogen-bond donors (Lipinski definition) is 1. The number of phenolic OH excluding ortho intramolecular Hbond substituents is 1. The molecule has 1 N–H and O–H groups in total. The number of aromatic hydroxyl groups is 1. The largest absolute Gasteiger partial charge is 0.506 e. The number of sulfone groups is 1. The molecule has 0 amide bonds. The van der Waals surface area contributed by atoms with E-state index in [0.29, 0.717) is 0 Å². The number of rotatable bonds is 1. The maximum absolute atomic E-state index is 13.3. The Morgan fingerprint density at radius 1 is 1.50 bits per heavy atom. The molecule has 0 spiro atoms. The second-order valence-electron chi connectivity index (χ2n) is 2.66. The molecule has 1 aromatic rings. The van der Waals surface area contributed by atoms with Gasteiger partial charge in [0.15, 0.2) is 15.7 Å². The Hall–Kier alpha value is -1.61. The van der Waals surface area contributed by atoms with Crippen molar-refractivity contribution in [3.05, 3.63) is 23.5 Å². The third kappa shape index (κ3) is 1.67. The van der Waals surface area contributed by atoms with Crippen molar-refractivity contribution in [3.8, 4) is 11.8 Å². The summed E-state index contributed by atoms with van der Waals surface area (Å²) < 4.78 is 35.3. The molecular formula is C8H6FNO3S. The van der Waals surface area contributed by atoms with E-state index in [1.807, 2.05) is 0 Å². The van der Waals surface area contributed by atoms with Gasteiger partial charge in [-0.05, 0) is 12.1 Å². The molecule has 74 valence electrons. The molecule has 1 rings (SSSR count). The monoisotopic (exact) mass is 215 g/mol. The van der Waals surface area contributed by atoms with Gasteiger partial charge in [0, 0.05) is 6.26 Å². The first-order valence-electron chi connectivity index (χ1n) is 3.49. The van der Waals surface area contributed by atoms with Crippen LogP contribution in [0.1, 0.15) is 5.56 Å². The topological polar surface area (TPSA) is 78.2 Å². The molecule has 0 radical (unpaired) electrons. The molecule has 0 aromatic heterocycles. The predicted octanol–water partition coefficient (Wildman–Crippen LogP) is 0.806. The van der Waals surface area contributed by atoms with E-state index >= 15 is 0 Å². The van der Waals surface area contributed by atoms with Gasteiger partial charge in [-0.3, -0.25) is 0 Å². The molecule has 0 saturated heterocycles. The summed E-state index contributed by atoms with van der Waals surface area (Å²) in [5.74, 6) is -1.90. The molecule has 0 atom stereocenters. The highest BCUT2D eigenvalue weighted by Gasteiger charge is 2.21. The van der Waals surface area contributed by atoms with E-state index in [2.05, 4.69) is 0 Å². The molecule has 1 aromatic carbocycles. The molecule has 14 heavy (non-hydrogen) atoms. The number of nitrogens with zero attached hydrogens (tertiary/aromatic N) is 1. The minimum absolute atomic E-state index is 0.414. The van der Waals surface area contributed by atoms with Gasteiger partial charge in [0.25, 0.3) is 0 Å². The highest BCUT2D eigenvalue weighted by atomic mass is 32.2. The molecule has 0 fully saturated rings. The van der Waals surface area contributed by atoms with E-state index in [-0.39, 0.29) is 0 Å². The Morgan fingerprint density at radius 3 is 2.50 bits per heavy atom. The van der Waals surface area contributed by atoms with Gasteiger partial charge < -0.3 is 5.11 Å². The van der Waals surface area contributed by atoms with Gasteiger partial charge >= 0.3 is 0 Å². The molecular weight excluding hydrogens is 209 g/mol. The van der Waals surface area contributed by atoms with Crippen molar-refractivity contribution in [2.24, 2.45) is 0 Å². The summed E-state index contributed by atoms with van der Waals surface area (Å²) in [4.78, 5) is -0.837. The Morgan fingerprint density at radius 2 is 2.07 bits per heavy atom. The van der Waals surface area contributed by atoms with Crippen LogP contribution in [0.2, 0.25) is 0 Å². The zero-order valence-corrected chi connectivity index (χ0v) is 7.97. The molecule has 0 unspecified atom stereocenters. The van der Waals surface area contributed by atoms with Gasteiger partial charge in [-0.2, -0.15) is 5.26 Å². The number of nitriles is 1. The van der Waals surface area contributed by atoms with Crippen LogP contribution in [0, 0.1) is 17.1 Å². The van der Waals surface area contributed by atoms with Crippen molar-refractivity contribution in [3.63, 3.8) is 0 Å². The average molecular weight is 215 g/mol. The van der Waals surface area contributed by atoms with E-state index < -0.39 is 31.9 Å². The molecule has 0 heterocycles. The first kappa shape index (κ1) is 10.5. The Kier molecular flexibility index (Phi) is 2.45. The van der Waals surface area contributed by atoms with E-state index in [0.717, 1.165) is 18.4 Å². The van der Waals surface area contributed by atoms with Crippen LogP contribution in [0.3, 0.4) is 0 Å². The molecule has 0 saturated carbocycles. The fraction of sp³-hybridized carbons (Fsp3) is 0.125. The number of halogens is 1. The van der Waals surface area contributed by atoms with Crippen molar-refractivity contribution in [1.82, 2.24) is 0 Å². The molecule has 0 aliphatic carbocycles. The molecule has 4 nitrogen and oxygen atoms in total. The fourth-order valence-electron chi connectivity index (χ4n) is 0.985. The van der Waals surface area contributed by atoms with E-state index in [1.54, 1.807) is 0 Å². The van der Waals surface area contributed by atoms with E-state index in [9.17, 15) is 12.8 Å².